The summed E-state index contributed by atoms with van der Waals surface area (Å²) in [4.78, 5) is 8.53. The molecule has 0 aliphatic carbocycles. The summed E-state index contributed by atoms with van der Waals surface area (Å²) in [7, 11) is 1.98. The number of hydrogen-bond acceptors (Lipinski definition) is 4. The average Bonchev–Trinajstić information content (AvgIpc) is 2.59. The van der Waals surface area contributed by atoms with Crippen LogP contribution >= 0.6 is 0 Å². The normalized spacial score (nSPS) is 12.5. The molecule has 0 aliphatic heterocycles. The maximum absolute atomic E-state index is 4.44. The van der Waals surface area contributed by atoms with Crippen LogP contribution in [0.15, 0.2) is 12.4 Å². The number of anilines is 1. The van der Waals surface area contributed by atoms with E-state index in [1.807, 2.05) is 31.0 Å². The second-order valence-corrected chi connectivity index (χ2v) is 5.11. The van der Waals surface area contributed by atoms with E-state index >= 15 is 0 Å². The van der Waals surface area contributed by atoms with E-state index < -0.39 is 0 Å². The number of rotatable bonds is 4. The van der Waals surface area contributed by atoms with E-state index in [2.05, 4.69) is 41.2 Å². The maximum Gasteiger partial charge on any atom is 0.222 e. The molecule has 0 amide bonds. The van der Waals surface area contributed by atoms with E-state index in [1.165, 1.54) is 11.3 Å². The lowest BCUT2D eigenvalue weighted by Gasteiger charge is -2.14. The lowest BCUT2D eigenvalue weighted by atomic mass is 10.1. The molecular formula is C14H21N5. The fourth-order valence-electron chi connectivity index (χ4n) is 2.16. The minimum absolute atomic E-state index is 0.268. The van der Waals surface area contributed by atoms with Crippen molar-refractivity contribution in [3.63, 3.8) is 0 Å². The third-order valence-corrected chi connectivity index (χ3v) is 3.33. The Hall–Kier alpha value is -1.91. The summed E-state index contributed by atoms with van der Waals surface area (Å²) in [6, 6.07) is 0.268. The number of nitrogens with one attached hydrogen (secondary N) is 1. The predicted molar refractivity (Wildman–Crippen MR) is 76.2 cm³/mol. The summed E-state index contributed by atoms with van der Waals surface area (Å²) in [6.45, 7) is 8.27. The highest BCUT2D eigenvalue weighted by molar-refractivity contribution is 5.30. The van der Waals surface area contributed by atoms with Crippen molar-refractivity contribution in [1.82, 2.24) is 19.7 Å². The van der Waals surface area contributed by atoms with Crippen LogP contribution in [0, 0.1) is 20.8 Å². The van der Waals surface area contributed by atoms with Gasteiger partial charge in [0.1, 0.15) is 0 Å². The average molecular weight is 259 g/mol. The Kier molecular flexibility index (Phi) is 3.83. The quantitative estimate of drug-likeness (QED) is 0.914. The van der Waals surface area contributed by atoms with E-state index in [0.29, 0.717) is 5.95 Å². The standard InChI is InChI=1S/C14H21N5/c1-9-7-15-14(16-8-9)17-10(2)6-13-11(3)18-19(5)12(13)4/h7-8,10H,6H2,1-5H3,(H,15,16,17). The van der Waals surface area contributed by atoms with Gasteiger partial charge in [-0.05, 0) is 45.2 Å². The summed E-state index contributed by atoms with van der Waals surface area (Å²) in [5.74, 6) is 0.678. The molecule has 0 saturated heterocycles. The minimum atomic E-state index is 0.268. The van der Waals surface area contributed by atoms with Gasteiger partial charge in [0.15, 0.2) is 0 Å². The lowest BCUT2D eigenvalue weighted by molar-refractivity contribution is 0.726. The van der Waals surface area contributed by atoms with Crippen LogP contribution in [0.1, 0.15) is 29.4 Å². The fraction of sp³-hybridized carbons (Fsp3) is 0.500. The van der Waals surface area contributed by atoms with Crippen molar-refractivity contribution in [3.05, 3.63) is 34.9 Å². The van der Waals surface area contributed by atoms with Gasteiger partial charge < -0.3 is 5.32 Å². The smallest absolute Gasteiger partial charge is 0.222 e. The van der Waals surface area contributed by atoms with Crippen LogP contribution < -0.4 is 5.32 Å². The van der Waals surface area contributed by atoms with E-state index in [0.717, 1.165) is 17.7 Å². The number of nitrogens with zero attached hydrogens (tertiary/aromatic N) is 4. The van der Waals surface area contributed by atoms with Crippen molar-refractivity contribution in [3.8, 4) is 0 Å². The maximum atomic E-state index is 4.44. The predicted octanol–water partition coefficient (Wildman–Crippen LogP) is 2.18. The SMILES string of the molecule is Cc1cnc(NC(C)Cc2c(C)nn(C)c2C)nc1. The molecule has 1 atom stereocenters. The molecule has 0 radical (unpaired) electrons. The first-order chi connectivity index (χ1) is 8.97. The molecule has 2 aromatic rings. The number of aromatic nitrogens is 4. The van der Waals surface area contributed by atoms with Crippen molar-refractivity contribution in [2.75, 3.05) is 5.32 Å². The van der Waals surface area contributed by atoms with Crippen molar-refractivity contribution < 1.29 is 0 Å². The Morgan fingerprint density at radius 3 is 2.37 bits per heavy atom. The van der Waals surface area contributed by atoms with Gasteiger partial charge in [-0.1, -0.05) is 0 Å². The second-order valence-electron chi connectivity index (χ2n) is 5.11. The lowest BCUT2D eigenvalue weighted by Crippen LogP contribution is -2.20. The Labute approximate surface area is 114 Å². The Morgan fingerprint density at radius 1 is 1.21 bits per heavy atom. The highest BCUT2D eigenvalue weighted by Gasteiger charge is 2.13. The van der Waals surface area contributed by atoms with Crippen LogP contribution in [0.4, 0.5) is 5.95 Å². The molecule has 2 aromatic heterocycles. The zero-order valence-corrected chi connectivity index (χ0v) is 12.2. The molecule has 1 N–H and O–H groups in total. The first-order valence-corrected chi connectivity index (χ1v) is 6.51. The van der Waals surface area contributed by atoms with Crippen molar-refractivity contribution in [2.45, 2.75) is 40.2 Å². The van der Waals surface area contributed by atoms with Crippen LogP contribution in [0.2, 0.25) is 0 Å². The Bertz CT molecular complexity index is 556. The Balaban J connectivity index is 2.05. The van der Waals surface area contributed by atoms with E-state index in [-0.39, 0.29) is 6.04 Å². The number of aryl methyl sites for hydroxylation is 3. The van der Waals surface area contributed by atoms with Gasteiger partial charge in [-0.15, -0.1) is 0 Å². The number of hydrogen-bond donors (Lipinski definition) is 1. The van der Waals surface area contributed by atoms with Gasteiger partial charge in [0.05, 0.1) is 5.69 Å². The molecule has 1 unspecified atom stereocenters. The molecule has 0 aliphatic rings. The van der Waals surface area contributed by atoms with Gasteiger partial charge in [-0.3, -0.25) is 4.68 Å². The molecule has 5 nitrogen and oxygen atoms in total. The molecule has 19 heavy (non-hydrogen) atoms. The fourth-order valence-corrected chi connectivity index (χ4v) is 2.16. The van der Waals surface area contributed by atoms with Gasteiger partial charge in [0.2, 0.25) is 5.95 Å². The Morgan fingerprint density at radius 2 is 1.84 bits per heavy atom. The van der Waals surface area contributed by atoms with E-state index in [9.17, 15) is 0 Å². The van der Waals surface area contributed by atoms with Crippen LogP contribution in [0.25, 0.3) is 0 Å². The van der Waals surface area contributed by atoms with Gasteiger partial charge in [0, 0.05) is 31.2 Å². The molecule has 0 spiro atoms. The summed E-state index contributed by atoms with van der Waals surface area (Å²) >= 11 is 0. The second kappa shape index (κ2) is 5.38. The first-order valence-electron chi connectivity index (χ1n) is 6.51. The van der Waals surface area contributed by atoms with Gasteiger partial charge in [-0.25, -0.2) is 9.97 Å². The summed E-state index contributed by atoms with van der Waals surface area (Å²) < 4.78 is 1.93. The molecule has 5 heteroatoms. The minimum Gasteiger partial charge on any atom is -0.351 e. The molecule has 0 aromatic carbocycles. The van der Waals surface area contributed by atoms with E-state index in [4.69, 9.17) is 0 Å². The van der Waals surface area contributed by atoms with Crippen molar-refractivity contribution in [2.24, 2.45) is 7.05 Å². The third kappa shape index (κ3) is 3.10. The molecule has 0 fully saturated rings. The van der Waals surface area contributed by atoms with Crippen LogP contribution in [0.5, 0.6) is 0 Å². The molecular weight excluding hydrogens is 238 g/mol. The zero-order chi connectivity index (χ0) is 14.0. The molecule has 2 heterocycles. The highest BCUT2D eigenvalue weighted by Crippen LogP contribution is 2.15. The van der Waals surface area contributed by atoms with Crippen LogP contribution in [-0.4, -0.2) is 25.8 Å². The van der Waals surface area contributed by atoms with Gasteiger partial charge in [0.25, 0.3) is 0 Å². The van der Waals surface area contributed by atoms with E-state index in [1.54, 1.807) is 0 Å². The van der Waals surface area contributed by atoms with Crippen molar-refractivity contribution >= 4 is 5.95 Å². The third-order valence-electron chi connectivity index (χ3n) is 3.33. The molecule has 0 saturated carbocycles. The molecule has 2 rings (SSSR count). The highest BCUT2D eigenvalue weighted by atomic mass is 15.3. The molecule has 0 bridgehead atoms. The first kappa shape index (κ1) is 13.5. The summed E-state index contributed by atoms with van der Waals surface area (Å²) in [6.07, 6.45) is 4.56. The van der Waals surface area contributed by atoms with Gasteiger partial charge >= 0.3 is 0 Å². The topological polar surface area (TPSA) is 55.6 Å². The van der Waals surface area contributed by atoms with Gasteiger partial charge in [-0.2, -0.15) is 5.10 Å². The van der Waals surface area contributed by atoms with Crippen LogP contribution in [0.3, 0.4) is 0 Å². The zero-order valence-electron chi connectivity index (χ0n) is 12.2. The largest absolute Gasteiger partial charge is 0.351 e. The monoisotopic (exact) mass is 259 g/mol. The summed E-state index contributed by atoms with van der Waals surface area (Å²) in [5.41, 5.74) is 4.68. The molecule has 102 valence electrons. The van der Waals surface area contributed by atoms with Crippen molar-refractivity contribution in [1.29, 1.82) is 0 Å². The summed E-state index contributed by atoms with van der Waals surface area (Å²) in [5, 5.41) is 7.76. The van der Waals surface area contributed by atoms with Crippen LogP contribution in [-0.2, 0) is 13.5 Å².